The molecule has 0 heterocycles. The molecule has 5 heteroatoms. The molecule has 1 aromatic carbocycles. The molecule has 21 heavy (non-hydrogen) atoms. The van der Waals surface area contributed by atoms with E-state index >= 15 is 0 Å². The van der Waals surface area contributed by atoms with E-state index in [1.54, 1.807) is 7.11 Å². The topological polar surface area (TPSA) is 59.6 Å². The van der Waals surface area contributed by atoms with Crippen molar-refractivity contribution in [1.29, 1.82) is 0 Å². The van der Waals surface area contributed by atoms with Gasteiger partial charge in [-0.05, 0) is 13.0 Å². The number of hydrogen-bond donors (Lipinski definition) is 2. The first-order valence-corrected chi connectivity index (χ1v) is 7.37. The second-order valence-electron chi connectivity index (χ2n) is 5.00. The third-order valence-corrected chi connectivity index (χ3v) is 3.01. The van der Waals surface area contributed by atoms with Crippen molar-refractivity contribution in [1.82, 2.24) is 10.6 Å². The van der Waals surface area contributed by atoms with Gasteiger partial charge in [-0.3, -0.25) is 4.79 Å². The van der Waals surface area contributed by atoms with Crippen molar-refractivity contribution in [3.8, 4) is 11.5 Å². The summed E-state index contributed by atoms with van der Waals surface area (Å²) in [5, 5.41) is 6.16. The summed E-state index contributed by atoms with van der Waals surface area (Å²) in [6.45, 7) is 8.31. The van der Waals surface area contributed by atoms with E-state index in [1.165, 1.54) is 0 Å². The first kappa shape index (κ1) is 17.3. The molecular weight excluding hydrogens is 268 g/mol. The van der Waals surface area contributed by atoms with Crippen LogP contribution in [0.5, 0.6) is 11.5 Å². The molecule has 1 aromatic rings. The molecule has 0 unspecified atom stereocenters. The van der Waals surface area contributed by atoms with E-state index in [4.69, 9.17) is 9.47 Å². The molecule has 0 fully saturated rings. The summed E-state index contributed by atoms with van der Waals surface area (Å²) in [5.74, 6) is 1.62. The number of amides is 1. The number of rotatable bonds is 9. The Hall–Kier alpha value is -1.75. The van der Waals surface area contributed by atoms with Crippen molar-refractivity contribution in [2.45, 2.75) is 27.3 Å². The van der Waals surface area contributed by atoms with Crippen LogP contribution in [-0.4, -0.2) is 32.7 Å². The Morgan fingerprint density at radius 3 is 2.67 bits per heavy atom. The highest BCUT2D eigenvalue weighted by molar-refractivity contribution is 5.77. The third kappa shape index (κ3) is 5.63. The molecule has 1 rings (SSSR count). The first-order valence-electron chi connectivity index (χ1n) is 7.37. The summed E-state index contributed by atoms with van der Waals surface area (Å²) in [7, 11) is 1.64. The largest absolute Gasteiger partial charge is 0.493 e. The fourth-order valence-corrected chi connectivity index (χ4v) is 1.90. The Kier molecular flexibility index (Phi) is 7.61. The van der Waals surface area contributed by atoms with Gasteiger partial charge in [0, 0.05) is 31.1 Å². The number of benzene rings is 1. The van der Waals surface area contributed by atoms with Gasteiger partial charge < -0.3 is 20.1 Å². The fourth-order valence-electron chi connectivity index (χ4n) is 1.90. The lowest BCUT2D eigenvalue weighted by molar-refractivity contribution is -0.123. The highest BCUT2D eigenvalue weighted by atomic mass is 16.5. The maximum absolute atomic E-state index is 11.4. The predicted molar refractivity (Wildman–Crippen MR) is 83.7 cm³/mol. The number of ether oxygens (including phenoxy) is 2. The molecular formula is C16H26N2O3. The minimum Gasteiger partial charge on any atom is -0.493 e. The lowest BCUT2D eigenvalue weighted by Gasteiger charge is -2.14. The number of carbonyl (C=O) groups is 1. The number of para-hydroxylation sites is 1. The highest BCUT2D eigenvalue weighted by Gasteiger charge is 2.09. The van der Waals surface area contributed by atoms with Crippen LogP contribution in [0.4, 0.5) is 0 Å². The van der Waals surface area contributed by atoms with Crippen LogP contribution in [0.15, 0.2) is 18.2 Å². The number of nitrogens with one attached hydrogen (secondary N) is 2. The highest BCUT2D eigenvalue weighted by Crippen LogP contribution is 2.30. The van der Waals surface area contributed by atoms with E-state index < -0.39 is 0 Å². The molecule has 1 amide bonds. The van der Waals surface area contributed by atoms with E-state index in [9.17, 15) is 4.79 Å². The van der Waals surface area contributed by atoms with Crippen molar-refractivity contribution >= 4 is 5.91 Å². The summed E-state index contributed by atoms with van der Waals surface area (Å²) < 4.78 is 11.0. The van der Waals surface area contributed by atoms with Crippen molar-refractivity contribution in [3.63, 3.8) is 0 Å². The molecule has 118 valence electrons. The van der Waals surface area contributed by atoms with Gasteiger partial charge >= 0.3 is 0 Å². The van der Waals surface area contributed by atoms with Gasteiger partial charge in [-0.2, -0.15) is 0 Å². The summed E-state index contributed by atoms with van der Waals surface area (Å²) in [6, 6.07) is 5.85. The smallest absolute Gasteiger partial charge is 0.222 e. The second-order valence-corrected chi connectivity index (χ2v) is 5.00. The average Bonchev–Trinajstić information content (AvgIpc) is 2.47. The molecule has 0 spiro atoms. The quantitative estimate of drug-likeness (QED) is 0.684. The van der Waals surface area contributed by atoms with E-state index in [0.29, 0.717) is 26.2 Å². The molecule has 5 nitrogen and oxygen atoms in total. The molecule has 0 aliphatic heterocycles. The number of hydrogen-bond acceptors (Lipinski definition) is 4. The molecule has 0 radical (unpaired) electrons. The van der Waals surface area contributed by atoms with Crippen LogP contribution in [0.2, 0.25) is 0 Å². The molecule has 0 aliphatic rings. The third-order valence-electron chi connectivity index (χ3n) is 3.01. The van der Waals surface area contributed by atoms with Gasteiger partial charge in [-0.1, -0.05) is 26.0 Å². The maximum Gasteiger partial charge on any atom is 0.222 e. The molecule has 0 atom stereocenters. The Morgan fingerprint density at radius 1 is 1.29 bits per heavy atom. The van der Waals surface area contributed by atoms with Crippen LogP contribution in [0.3, 0.4) is 0 Å². The Labute approximate surface area is 127 Å². The summed E-state index contributed by atoms with van der Waals surface area (Å²) in [4.78, 5) is 11.4. The van der Waals surface area contributed by atoms with E-state index in [-0.39, 0.29) is 11.8 Å². The second kappa shape index (κ2) is 9.23. The number of methoxy groups -OCH3 is 1. The van der Waals surface area contributed by atoms with Crippen LogP contribution in [-0.2, 0) is 11.3 Å². The molecule has 2 N–H and O–H groups in total. The van der Waals surface area contributed by atoms with Crippen molar-refractivity contribution in [3.05, 3.63) is 23.8 Å². The van der Waals surface area contributed by atoms with Gasteiger partial charge in [0.15, 0.2) is 11.5 Å². The standard InChI is InChI=1S/C16H26N2O3/c1-5-21-14-8-6-7-13(15(14)20-4)11-17-9-10-18-16(19)12(2)3/h6-8,12,17H,5,9-11H2,1-4H3,(H,18,19). The zero-order valence-electron chi connectivity index (χ0n) is 13.4. The molecule has 0 aromatic heterocycles. The Morgan fingerprint density at radius 2 is 2.05 bits per heavy atom. The molecule has 0 aliphatic carbocycles. The SMILES string of the molecule is CCOc1cccc(CNCCNC(=O)C(C)C)c1OC. The van der Waals surface area contributed by atoms with Crippen LogP contribution in [0.25, 0.3) is 0 Å². The minimum atomic E-state index is 0.0213. The summed E-state index contributed by atoms with van der Waals surface area (Å²) in [6.07, 6.45) is 0. The molecule has 0 saturated carbocycles. The monoisotopic (exact) mass is 294 g/mol. The lowest BCUT2D eigenvalue weighted by Crippen LogP contribution is -2.34. The van der Waals surface area contributed by atoms with Gasteiger partial charge in [0.05, 0.1) is 13.7 Å². The van der Waals surface area contributed by atoms with Gasteiger partial charge in [-0.25, -0.2) is 0 Å². The predicted octanol–water partition coefficient (Wildman–Crippen LogP) is 1.96. The Bertz CT molecular complexity index is 447. The van der Waals surface area contributed by atoms with Crippen LogP contribution < -0.4 is 20.1 Å². The van der Waals surface area contributed by atoms with Gasteiger partial charge in [0.25, 0.3) is 0 Å². The maximum atomic E-state index is 11.4. The normalized spacial score (nSPS) is 10.5. The molecule has 0 bridgehead atoms. The van der Waals surface area contributed by atoms with Crippen LogP contribution in [0.1, 0.15) is 26.3 Å². The van der Waals surface area contributed by atoms with Crippen molar-refractivity contribution in [2.75, 3.05) is 26.8 Å². The average molecular weight is 294 g/mol. The lowest BCUT2D eigenvalue weighted by atomic mass is 10.2. The van der Waals surface area contributed by atoms with E-state index in [1.807, 2.05) is 39.0 Å². The van der Waals surface area contributed by atoms with E-state index in [2.05, 4.69) is 10.6 Å². The summed E-state index contributed by atoms with van der Waals surface area (Å²) >= 11 is 0. The van der Waals surface area contributed by atoms with E-state index in [0.717, 1.165) is 17.1 Å². The van der Waals surface area contributed by atoms with Gasteiger partial charge in [0.2, 0.25) is 5.91 Å². The minimum absolute atomic E-state index is 0.0213. The van der Waals surface area contributed by atoms with Crippen molar-refractivity contribution < 1.29 is 14.3 Å². The fraction of sp³-hybridized carbons (Fsp3) is 0.562. The molecule has 0 saturated heterocycles. The zero-order chi connectivity index (χ0) is 15.7. The zero-order valence-corrected chi connectivity index (χ0v) is 13.4. The van der Waals surface area contributed by atoms with Crippen LogP contribution >= 0.6 is 0 Å². The van der Waals surface area contributed by atoms with Crippen LogP contribution in [0, 0.1) is 5.92 Å². The number of carbonyl (C=O) groups excluding carboxylic acids is 1. The first-order chi connectivity index (χ1) is 10.1. The Balaban J connectivity index is 2.45. The van der Waals surface area contributed by atoms with Gasteiger partial charge in [0.1, 0.15) is 0 Å². The van der Waals surface area contributed by atoms with Gasteiger partial charge in [-0.15, -0.1) is 0 Å². The van der Waals surface area contributed by atoms with Crippen molar-refractivity contribution in [2.24, 2.45) is 5.92 Å². The summed E-state index contributed by atoms with van der Waals surface area (Å²) in [5.41, 5.74) is 1.04.